The highest BCUT2D eigenvalue weighted by Gasteiger charge is 2.53. The van der Waals surface area contributed by atoms with Crippen molar-refractivity contribution in [2.75, 3.05) is 33.7 Å². The van der Waals surface area contributed by atoms with Crippen molar-refractivity contribution in [3.8, 4) is 12.1 Å². The fourth-order valence-electron chi connectivity index (χ4n) is 6.08. The maximum atomic E-state index is 13.9. The molecule has 1 N–H and O–H groups in total. The lowest BCUT2D eigenvalue weighted by Gasteiger charge is -2.49. The fourth-order valence-corrected chi connectivity index (χ4v) is 6.08. The molecule has 2 aromatic carbocycles. The highest BCUT2D eigenvalue weighted by atomic mass is 16.3. The minimum absolute atomic E-state index is 0.0951. The molecule has 2 aromatic rings. The molecular weight excluding hydrogens is 464 g/mol. The number of aliphatic hydroxyl groups is 1. The van der Waals surface area contributed by atoms with Crippen LogP contribution in [-0.4, -0.2) is 65.4 Å². The normalized spacial score (nSPS) is 19.4. The molecule has 1 unspecified atom stereocenters. The highest BCUT2D eigenvalue weighted by Crippen LogP contribution is 2.43. The number of nitriles is 2. The number of hydrogen-bond acceptors (Lipinski definition) is 5. The first-order valence-electron chi connectivity index (χ1n) is 13.0. The van der Waals surface area contributed by atoms with Crippen LogP contribution in [0, 0.1) is 28.6 Å². The van der Waals surface area contributed by atoms with Crippen LogP contribution in [0.4, 0.5) is 0 Å². The van der Waals surface area contributed by atoms with Gasteiger partial charge in [0.25, 0.3) is 5.91 Å². The molecule has 192 valence electrons. The molecule has 1 amide bonds. The van der Waals surface area contributed by atoms with Crippen LogP contribution in [0.25, 0.3) is 0 Å². The molecule has 4 rings (SSSR count). The van der Waals surface area contributed by atoms with Gasteiger partial charge < -0.3 is 14.5 Å². The van der Waals surface area contributed by atoms with Gasteiger partial charge in [-0.2, -0.15) is 10.5 Å². The molecule has 1 aliphatic heterocycles. The first kappa shape index (κ1) is 26.5. The quantitative estimate of drug-likeness (QED) is 0.461. The van der Waals surface area contributed by atoms with Crippen LogP contribution in [0.3, 0.4) is 0 Å². The van der Waals surface area contributed by atoms with E-state index >= 15 is 0 Å². The number of piperidine rings is 1. The van der Waals surface area contributed by atoms with Gasteiger partial charge in [0.15, 0.2) is 11.1 Å². The van der Waals surface area contributed by atoms with Gasteiger partial charge in [-0.1, -0.05) is 43.2 Å². The Balaban J connectivity index is 1.51. The molecule has 37 heavy (non-hydrogen) atoms. The molecule has 1 saturated heterocycles. The van der Waals surface area contributed by atoms with Gasteiger partial charge in [0, 0.05) is 37.4 Å². The van der Waals surface area contributed by atoms with E-state index in [-0.39, 0.29) is 28.6 Å². The first-order valence-corrected chi connectivity index (χ1v) is 13.0. The molecule has 1 atom stereocenters. The van der Waals surface area contributed by atoms with E-state index in [2.05, 4.69) is 12.1 Å². The zero-order valence-electron chi connectivity index (χ0n) is 21.7. The number of carbonyl (C=O) groups is 2. The summed E-state index contributed by atoms with van der Waals surface area (Å²) in [6.45, 7) is 0.825. The van der Waals surface area contributed by atoms with E-state index in [1.165, 1.54) is 0 Å². The Bertz CT molecular complexity index is 1210. The van der Waals surface area contributed by atoms with Crippen molar-refractivity contribution in [3.05, 3.63) is 71.3 Å². The zero-order valence-corrected chi connectivity index (χ0v) is 21.7. The molecule has 2 fully saturated rings. The van der Waals surface area contributed by atoms with Gasteiger partial charge in [-0.15, -0.1) is 0 Å². The molecule has 2 aliphatic rings. The van der Waals surface area contributed by atoms with Crippen molar-refractivity contribution in [1.29, 1.82) is 10.5 Å². The third kappa shape index (κ3) is 4.90. The number of quaternary nitrogens is 1. The van der Waals surface area contributed by atoms with Crippen LogP contribution in [-0.2, 0) is 10.4 Å². The maximum absolute atomic E-state index is 13.9. The second kappa shape index (κ2) is 10.5. The number of hydrogen-bond donors (Lipinski definition) is 1. The summed E-state index contributed by atoms with van der Waals surface area (Å²) in [5.74, 6) is -0.499. The zero-order chi connectivity index (χ0) is 26.7. The average Bonchev–Trinajstić information content (AvgIpc) is 3.48. The van der Waals surface area contributed by atoms with Gasteiger partial charge in [0.2, 0.25) is 5.78 Å². The minimum atomic E-state index is -1.57. The summed E-state index contributed by atoms with van der Waals surface area (Å²) in [6.07, 6.45) is 4.47. The second-order valence-corrected chi connectivity index (χ2v) is 11.0. The summed E-state index contributed by atoms with van der Waals surface area (Å²) < 4.78 is 0.177. The van der Waals surface area contributed by atoms with Gasteiger partial charge in [0.1, 0.15) is 12.6 Å². The van der Waals surface area contributed by atoms with Crippen molar-refractivity contribution in [3.63, 3.8) is 0 Å². The third-order valence-corrected chi connectivity index (χ3v) is 8.61. The Hall–Kier alpha value is -3.52. The molecule has 1 saturated carbocycles. The minimum Gasteiger partial charge on any atom is -0.375 e. The fraction of sp³-hybridized carbons (Fsp3) is 0.467. The Morgan fingerprint density at radius 2 is 1.62 bits per heavy atom. The van der Waals surface area contributed by atoms with E-state index in [0.29, 0.717) is 42.6 Å². The number of Topliss-reactive ketones (excluding diaryl/α,β-unsaturated/α-hetero) is 1. The predicted molar refractivity (Wildman–Crippen MR) is 139 cm³/mol. The summed E-state index contributed by atoms with van der Waals surface area (Å²) in [6, 6.07) is 20.3. The van der Waals surface area contributed by atoms with E-state index in [4.69, 9.17) is 5.26 Å². The number of likely N-dealkylation sites (N-methyl/N-ethyl adjacent to an activating group) is 1. The Morgan fingerprint density at radius 1 is 1.03 bits per heavy atom. The van der Waals surface area contributed by atoms with Gasteiger partial charge >= 0.3 is 0 Å². The standard InChI is InChI=1S/C30H35N4O3/c1-34(2,21-27(35)24-14-12-23(20-31)13-15-24)29(22-32)16-18-33(19-17-29)28(36)30(37,26-10-6-7-11-26)25-8-4-3-5-9-25/h3-5,8-9,12-15,26,37H,6-7,10-11,16-19,21H2,1-2H3/q+1. The van der Waals surface area contributed by atoms with Gasteiger partial charge in [0.05, 0.1) is 25.7 Å². The number of rotatable bonds is 7. The molecule has 0 aromatic heterocycles. The number of ketones is 1. The molecule has 0 spiro atoms. The lowest BCUT2D eigenvalue weighted by Crippen LogP contribution is -2.65. The molecule has 1 heterocycles. The molecule has 7 heteroatoms. The Kier molecular flexibility index (Phi) is 7.50. The van der Waals surface area contributed by atoms with Gasteiger partial charge in [-0.05, 0) is 42.7 Å². The summed E-state index contributed by atoms with van der Waals surface area (Å²) in [5, 5.41) is 31.2. The molecule has 0 radical (unpaired) electrons. The van der Waals surface area contributed by atoms with Crippen molar-refractivity contribution in [2.24, 2.45) is 5.92 Å². The van der Waals surface area contributed by atoms with Crippen molar-refractivity contribution in [2.45, 2.75) is 49.7 Å². The Morgan fingerprint density at radius 3 is 2.16 bits per heavy atom. The highest BCUT2D eigenvalue weighted by molar-refractivity contribution is 5.97. The molecule has 7 nitrogen and oxygen atoms in total. The maximum Gasteiger partial charge on any atom is 0.259 e. The number of likely N-dealkylation sites (tertiary alicyclic amines) is 1. The molecular formula is C30H35N4O3+. The lowest BCUT2D eigenvalue weighted by atomic mass is 9.77. The number of carbonyl (C=O) groups excluding carboxylic acids is 2. The second-order valence-electron chi connectivity index (χ2n) is 11.0. The number of benzene rings is 2. The predicted octanol–water partition coefficient (Wildman–Crippen LogP) is 3.78. The summed E-state index contributed by atoms with van der Waals surface area (Å²) in [7, 11) is 3.78. The monoisotopic (exact) mass is 499 g/mol. The Labute approximate surface area is 219 Å². The topological polar surface area (TPSA) is 105 Å². The van der Waals surface area contributed by atoms with Crippen LogP contribution in [0.15, 0.2) is 54.6 Å². The van der Waals surface area contributed by atoms with Crippen LogP contribution in [0.1, 0.15) is 60.0 Å². The van der Waals surface area contributed by atoms with Crippen LogP contribution < -0.4 is 0 Å². The van der Waals surface area contributed by atoms with Gasteiger partial charge in [-0.25, -0.2) is 0 Å². The van der Waals surface area contributed by atoms with E-state index in [1.54, 1.807) is 29.2 Å². The van der Waals surface area contributed by atoms with E-state index < -0.39 is 11.1 Å². The summed E-state index contributed by atoms with van der Waals surface area (Å²) >= 11 is 0. The van der Waals surface area contributed by atoms with Crippen molar-refractivity contribution < 1.29 is 19.2 Å². The number of amides is 1. The van der Waals surface area contributed by atoms with E-state index in [9.17, 15) is 20.0 Å². The van der Waals surface area contributed by atoms with Crippen LogP contribution >= 0.6 is 0 Å². The van der Waals surface area contributed by atoms with Crippen molar-refractivity contribution in [1.82, 2.24) is 4.90 Å². The largest absolute Gasteiger partial charge is 0.375 e. The smallest absolute Gasteiger partial charge is 0.259 e. The van der Waals surface area contributed by atoms with E-state index in [1.807, 2.05) is 44.4 Å². The van der Waals surface area contributed by atoms with Crippen LogP contribution in [0.5, 0.6) is 0 Å². The lowest BCUT2D eigenvalue weighted by molar-refractivity contribution is -0.926. The SMILES string of the molecule is C[N+](C)(CC(=O)c1ccc(C#N)cc1)C1(C#N)CCN(C(=O)C(O)(c2ccccc2)C2CCCC2)CC1. The van der Waals surface area contributed by atoms with E-state index in [0.717, 1.165) is 25.7 Å². The first-order chi connectivity index (χ1) is 17.7. The third-order valence-electron chi connectivity index (χ3n) is 8.61. The molecule has 1 aliphatic carbocycles. The summed E-state index contributed by atoms with van der Waals surface area (Å²) in [4.78, 5) is 28.7. The number of nitrogens with zero attached hydrogens (tertiary/aromatic N) is 4. The van der Waals surface area contributed by atoms with Gasteiger partial charge in [-0.3, -0.25) is 9.59 Å². The molecule has 0 bridgehead atoms. The van der Waals surface area contributed by atoms with Crippen LogP contribution in [0.2, 0.25) is 0 Å². The van der Waals surface area contributed by atoms with Crippen molar-refractivity contribution >= 4 is 11.7 Å². The average molecular weight is 500 g/mol. The summed E-state index contributed by atoms with van der Waals surface area (Å²) in [5.41, 5.74) is -0.773.